The van der Waals surface area contributed by atoms with Crippen LogP contribution < -0.4 is 0 Å². The molecule has 0 amide bonds. The van der Waals surface area contributed by atoms with E-state index in [4.69, 9.17) is 4.74 Å². The zero-order valence-corrected chi connectivity index (χ0v) is 15.3. The van der Waals surface area contributed by atoms with Crippen LogP contribution in [0, 0.1) is 0 Å². The van der Waals surface area contributed by atoms with Crippen molar-refractivity contribution in [1.29, 1.82) is 0 Å². The van der Waals surface area contributed by atoms with Crippen LogP contribution in [0.5, 0.6) is 0 Å². The molecule has 1 aromatic rings. The van der Waals surface area contributed by atoms with E-state index in [2.05, 4.69) is 9.80 Å². The second-order valence-electron chi connectivity index (χ2n) is 6.95. The first-order valence-corrected chi connectivity index (χ1v) is 10.7. The van der Waals surface area contributed by atoms with E-state index < -0.39 is 9.84 Å². The molecule has 134 valence electrons. The molecule has 2 fully saturated rings. The third-order valence-corrected chi connectivity index (χ3v) is 6.19. The Morgan fingerprint density at radius 2 is 1.79 bits per heavy atom. The molecule has 3 rings (SSSR count). The number of likely N-dealkylation sites (tertiary alicyclic amines) is 1. The fourth-order valence-corrected chi connectivity index (χ4v) is 4.26. The van der Waals surface area contributed by atoms with Gasteiger partial charge in [0.15, 0.2) is 9.84 Å². The van der Waals surface area contributed by atoms with Crippen LogP contribution in [0.4, 0.5) is 0 Å². The maximum absolute atomic E-state index is 11.6. The van der Waals surface area contributed by atoms with Crippen molar-refractivity contribution in [3.8, 4) is 0 Å². The highest BCUT2D eigenvalue weighted by atomic mass is 32.2. The van der Waals surface area contributed by atoms with Crippen molar-refractivity contribution in [2.75, 3.05) is 45.6 Å². The molecule has 0 aliphatic carbocycles. The Labute approximate surface area is 145 Å². The van der Waals surface area contributed by atoms with E-state index in [0.29, 0.717) is 10.9 Å². The van der Waals surface area contributed by atoms with E-state index in [0.717, 1.165) is 45.9 Å². The van der Waals surface area contributed by atoms with Crippen LogP contribution >= 0.6 is 0 Å². The predicted molar refractivity (Wildman–Crippen MR) is 94.9 cm³/mol. The maximum atomic E-state index is 11.6. The Hall–Kier alpha value is -0.950. The van der Waals surface area contributed by atoms with Gasteiger partial charge < -0.3 is 4.74 Å². The van der Waals surface area contributed by atoms with Gasteiger partial charge in [-0.1, -0.05) is 18.6 Å². The van der Waals surface area contributed by atoms with Crippen molar-refractivity contribution in [2.45, 2.75) is 36.7 Å². The van der Waals surface area contributed by atoms with Gasteiger partial charge in [-0.2, -0.15) is 0 Å². The second kappa shape index (κ2) is 7.95. The number of sulfone groups is 1. The summed E-state index contributed by atoms with van der Waals surface area (Å²) < 4.78 is 28.6. The van der Waals surface area contributed by atoms with Gasteiger partial charge in [-0.15, -0.1) is 0 Å². The minimum absolute atomic E-state index is 0.398. The number of benzene rings is 1. The molecule has 2 aliphatic rings. The van der Waals surface area contributed by atoms with E-state index in [1.165, 1.54) is 31.1 Å². The summed E-state index contributed by atoms with van der Waals surface area (Å²) in [4.78, 5) is 5.47. The molecule has 6 heteroatoms. The number of hydrogen-bond acceptors (Lipinski definition) is 5. The number of nitrogens with zero attached hydrogens (tertiary/aromatic N) is 2. The lowest BCUT2D eigenvalue weighted by atomic mass is 10.0. The molecule has 0 aromatic heterocycles. The molecule has 5 nitrogen and oxygen atoms in total. The van der Waals surface area contributed by atoms with Gasteiger partial charge >= 0.3 is 0 Å². The van der Waals surface area contributed by atoms with Crippen molar-refractivity contribution in [2.24, 2.45) is 0 Å². The number of piperidine rings is 1. The van der Waals surface area contributed by atoms with Crippen LogP contribution in [-0.4, -0.2) is 69.9 Å². The number of rotatable bonds is 5. The van der Waals surface area contributed by atoms with Crippen LogP contribution in [0.2, 0.25) is 0 Å². The number of ether oxygens (including phenoxy) is 1. The van der Waals surface area contributed by atoms with Crippen molar-refractivity contribution in [3.63, 3.8) is 0 Å². The fourth-order valence-electron chi connectivity index (χ4n) is 3.63. The van der Waals surface area contributed by atoms with Crippen LogP contribution in [0.15, 0.2) is 29.2 Å². The Morgan fingerprint density at radius 3 is 2.46 bits per heavy atom. The monoisotopic (exact) mass is 352 g/mol. The van der Waals surface area contributed by atoms with Crippen molar-refractivity contribution in [3.05, 3.63) is 29.8 Å². The van der Waals surface area contributed by atoms with Crippen LogP contribution in [0.3, 0.4) is 0 Å². The topological polar surface area (TPSA) is 49.9 Å². The lowest BCUT2D eigenvalue weighted by molar-refractivity contribution is 0.0153. The van der Waals surface area contributed by atoms with Gasteiger partial charge in [0.05, 0.1) is 18.1 Å². The van der Waals surface area contributed by atoms with Gasteiger partial charge in [0.2, 0.25) is 0 Å². The SMILES string of the molecule is CS(=O)(=O)c1ccc(CN2CCCC[C@@H]2CN2CCOCC2)cc1. The first-order chi connectivity index (χ1) is 11.5. The Kier molecular flexibility index (Phi) is 5.92. The molecule has 1 aromatic carbocycles. The average molecular weight is 353 g/mol. The Morgan fingerprint density at radius 1 is 1.08 bits per heavy atom. The lowest BCUT2D eigenvalue weighted by Gasteiger charge is -2.39. The van der Waals surface area contributed by atoms with Crippen molar-refractivity contribution in [1.82, 2.24) is 9.80 Å². The lowest BCUT2D eigenvalue weighted by Crippen LogP contribution is -2.49. The minimum Gasteiger partial charge on any atom is -0.379 e. The average Bonchev–Trinajstić information content (AvgIpc) is 2.57. The van der Waals surface area contributed by atoms with Gasteiger partial charge in [0.25, 0.3) is 0 Å². The molecular formula is C18H28N2O3S. The van der Waals surface area contributed by atoms with E-state index in [-0.39, 0.29) is 0 Å². The summed E-state index contributed by atoms with van der Waals surface area (Å²) in [6.07, 6.45) is 5.06. The standard InChI is InChI=1S/C18H28N2O3S/c1-24(21,22)18-7-5-16(6-8-18)14-20-9-3-2-4-17(20)15-19-10-12-23-13-11-19/h5-8,17H,2-4,9-15H2,1H3/t17-/m1/s1. The third kappa shape index (κ3) is 4.79. The minimum atomic E-state index is -3.11. The summed E-state index contributed by atoms with van der Waals surface area (Å²) in [5.74, 6) is 0. The van der Waals surface area contributed by atoms with Crippen LogP contribution in [0.1, 0.15) is 24.8 Å². The normalized spacial score (nSPS) is 24.1. The molecule has 0 N–H and O–H groups in total. The van der Waals surface area contributed by atoms with E-state index in [1.54, 1.807) is 12.1 Å². The molecule has 0 unspecified atom stereocenters. The van der Waals surface area contributed by atoms with E-state index in [1.807, 2.05) is 12.1 Å². The van der Waals surface area contributed by atoms with Crippen molar-refractivity contribution >= 4 is 9.84 Å². The first-order valence-electron chi connectivity index (χ1n) is 8.85. The highest BCUT2D eigenvalue weighted by Gasteiger charge is 2.25. The van der Waals surface area contributed by atoms with Gasteiger partial charge in [-0.3, -0.25) is 9.80 Å². The summed E-state index contributed by atoms with van der Waals surface area (Å²) in [5, 5.41) is 0. The molecule has 0 spiro atoms. The fraction of sp³-hybridized carbons (Fsp3) is 0.667. The zero-order valence-electron chi connectivity index (χ0n) is 14.5. The summed E-state index contributed by atoms with van der Waals surface area (Å²) in [6.45, 7) is 6.91. The number of hydrogen-bond donors (Lipinski definition) is 0. The molecule has 0 saturated carbocycles. The highest BCUT2D eigenvalue weighted by Crippen LogP contribution is 2.21. The summed E-state index contributed by atoms with van der Waals surface area (Å²) in [5.41, 5.74) is 1.19. The molecule has 2 aliphatic heterocycles. The van der Waals surface area contributed by atoms with Gasteiger partial charge in [0, 0.05) is 38.5 Å². The summed E-state index contributed by atoms with van der Waals surface area (Å²) >= 11 is 0. The molecule has 0 bridgehead atoms. The first kappa shape index (κ1) is 17.9. The van der Waals surface area contributed by atoms with Gasteiger partial charge in [-0.25, -0.2) is 8.42 Å². The van der Waals surface area contributed by atoms with Crippen LogP contribution in [-0.2, 0) is 21.1 Å². The van der Waals surface area contributed by atoms with Crippen molar-refractivity contribution < 1.29 is 13.2 Å². The third-order valence-electron chi connectivity index (χ3n) is 5.06. The Balaban J connectivity index is 1.62. The summed E-state index contributed by atoms with van der Waals surface area (Å²) in [7, 11) is -3.11. The molecule has 2 saturated heterocycles. The number of morpholine rings is 1. The Bertz CT molecular complexity index is 624. The molecule has 2 heterocycles. The van der Waals surface area contributed by atoms with E-state index >= 15 is 0 Å². The predicted octanol–water partition coefficient (Wildman–Crippen LogP) is 1.78. The maximum Gasteiger partial charge on any atom is 0.175 e. The smallest absolute Gasteiger partial charge is 0.175 e. The van der Waals surface area contributed by atoms with Gasteiger partial charge in [0.1, 0.15) is 0 Å². The second-order valence-corrected chi connectivity index (χ2v) is 8.96. The summed E-state index contributed by atoms with van der Waals surface area (Å²) in [6, 6.07) is 7.96. The zero-order chi connectivity index (χ0) is 17.0. The highest BCUT2D eigenvalue weighted by molar-refractivity contribution is 7.90. The molecule has 24 heavy (non-hydrogen) atoms. The van der Waals surface area contributed by atoms with Crippen LogP contribution in [0.25, 0.3) is 0 Å². The largest absolute Gasteiger partial charge is 0.379 e. The molecule has 1 atom stereocenters. The molecular weight excluding hydrogens is 324 g/mol. The quantitative estimate of drug-likeness (QED) is 0.808. The van der Waals surface area contributed by atoms with Gasteiger partial charge in [-0.05, 0) is 37.1 Å². The van der Waals surface area contributed by atoms with E-state index in [9.17, 15) is 8.42 Å². The molecule has 0 radical (unpaired) electrons.